The number of nitrogens with zero attached hydrogens (tertiary/aromatic N) is 1. The quantitative estimate of drug-likeness (QED) is 0.643. The van der Waals surface area contributed by atoms with Crippen molar-refractivity contribution in [3.63, 3.8) is 0 Å². The summed E-state index contributed by atoms with van der Waals surface area (Å²) in [6, 6.07) is 13.7. The summed E-state index contributed by atoms with van der Waals surface area (Å²) in [6.45, 7) is 0.715. The molecule has 2 aromatic carbocycles. The molecule has 2 rings (SSSR count). The zero-order valence-corrected chi connectivity index (χ0v) is 13.6. The zero-order chi connectivity index (χ0) is 15.4. The number of nitrogens with two attached hydrogens (primary N) is 1. The lowest BCUT2D eigenvalue weighted by molar-refractivity contribution is 0.415. The number of ether oxygens (including phenoxy) is 1. The number of anilines is 1. The summed E-state index contributed by atoms with van der Waals surface area (Å²) in [5.41, 5.74) is 8.42. The van der Waals surface area contributed by atoms with Crippen LogP contribution in [0, 0.1) is 5.41 Å². The van der Waals surface area contributed by atoms with Crippen LogP contribution in [0.3, 0.4) is 0 Å². The van der Waals surface area contributed by atoms with Gasteiger partial charge >= 0.3 is 0 Å². The van der Waals surface area contributed by atoms with Gasteiger partial charge in [-0.25, -0.2) is 0 Å². The highest BCUT2D eigenvalue weighted by Gasteiger charge is 2.12. The first kappa shape index (κ1) is 15.4. The van der Waals surface area contributed by atoms with Crippen LogP contribution in [-0.4, -0.2) is 20.0 Å². The Morgan fingerprint density at radius 1 is 1.29 bits per heavy atom. The fraction of sp³-hybridized carbons (Fsp3) is 0.188. The normalized spacial score (nSPS) is 10.2. The lowest BCUT2D eigenvalue weighted by Crippen LogP contribution is -2.22. The molecule has 0 unspecified atom stereocenters. The summed E-state index contributed by atoms with van der Waals surface area (Å²) in [6.07, 6.45) is 0. The first-order chi connectivity index (χ1) is 10.0. The largest absolute Gasteiger partial charge is 0.497 e. The van der Waals surface area contributed by atoms with Gasteiger partial charge in [-0.2, -0.15) is 0 Å². The lowest BCUT2D eigenvalue weighted by Gasteiger charge is -2.23. The number of benzene rings is 2. The van der Waals surface area contributed by atoms with Gasteiger partial charge in [0, 0.05) is 29.7 Å². The van der Waals surface area contributed by atoms with Crippen LogP contribution in [0.15, 0.2) is 46.9 Å². The SMILES string of the molecule is COc1ccc(C(=N)N)c(N(C)Cc2cccc(Br)c2)c1. The van der Waals surface area contributed by atoms with Crippen LogP contribution >= 0.6 is 15.9 Å². The third-order valence-electron chi connectivity index (χ3n) is 3.22. The summed E-state index contributed by atoms with van der Waals surface area (Å²) >= 11 is 3.48. The predicted octanol–water partition coefficient (Wildman–Crippen LogP) is 3.38. The second-order valence-electron chi connectivity index (χ2n) is 4.78. The Balaban J connectivity index is 2.33. The molecule has 21 heavy (non-hydrogen) atoms. The average Bonchev–Trinajstić information content (AvgIpc) is 2.46. The van der Waals surface area contributed by atoms with E-state index in [1.54, 1.807) is 7.11 Å². The summed E-state index contributed by atoms with van der Waals surface area (Å²) in [7, 11) is 3.60. The Labute approximate surface area is 133 Å². The minimum Gasteiger partial charge on any atom is -0.497 e. The summed E-state index contributed by atoms with van der Waals surface area (Å²) in [5.74, 6) is 0.796. The van der Waals surface area contributed by atoms with E-state index in [0.29, 0.717) is 12.1 Å². The lowest BCUT2D eigenvalue weighted by atomic mass is 10.1. The molecular formula is C16H18BrN3O. The van der Waals surface area contributed by atoms with Crippen LogP contribution in [0.25, 0.3) is 0 Å². The van der Waals surface area contributed by atoms with Crippen molar-refractivity contribution in [2.75, 3.05) is 19.1 Å². The van der Waals surface area contributed by atoms with Gasteiger partial charge in [-0.15, -0.1) is 0 Å². The fourth-order valence-corrected chi connectivity index (χ4v) is 2.62. The number of nitrogens with one attached hydrogen (secondary N) is 1. The van der Waals surface area contributed by atoms with E-state index in [0.717, 1.165) is 15.9 Å². The van der Waals surface area contributed by atoms with Gasteiger partial charge in [0.1, 0.15) is 11.6 Å². The Hall–Kier alpha value is -2.01. The molecule has 0 heterocycles. The topological polar surface area (TPSA) is 62.3 Å². The molecule has 0 radical (unpaired) electrons. The van der Waals surface area contributed by atoms with E-state index in [4.69, 9.17) is 15.9 Å². The number of hydrogen-bond donors (Lipinski definition) is 2. The van der Waals surface area contributed by atoms with Gasteiger partial charge in [0.05, 0.1) is 12.8 Å². The van der Waals surface area contributed by atoms with Gasteiger partial charge < -0.3 is 15.4 Å². The average molecular weight is 348 g/mol. The van der Waals surface area contributed by atoms with E-state index in [1.807, 2.05) is 37.4 Å². The van der Waals surface area contributed by atoms with Crippen molar-refractivity contribution in [2.24, 2.45) is 5.73 Å². The Kier molecular flexibility index (Phi) is 4.85. The highest BCUT2D eigenvalue weighted by atomic mass is 79.9. The van der Waals surface area contributed by atoms with E-state index >= 15 is 0 Å². The molecule has 0 aliphatic heterocycles. The highest BCUT2D eigenvalue weighted by Crippen LogP contribution is 2.26. The molecule has 0 bridgehead atoms. The molecule has 0 aliphatic carbocycles. The van der Waals surface area contributed by atoms with Crippen LogP contribution < -0.4 is 15.4 Å². The second kappa shape index (κ2) is 6.63. The fourth-order valence-electron chi connectivity index (χ4n) is 2.18. The molecule has 0 aliphatic rings. The first-order valence-electron chi connectivity index (χ1n) is 6.49. The Morgan fingerprint density at radius 2 is 2.05 bits per heavy atom. The van der Waals surface area contributed by atoms with Crippen molar-refractivity contribution in [3.8, 4) is 5.75 Å². The first-order valence-corrected chi connectivity index (χ1v) is 7.28. The highest BCUT2D eigenvalue weighted by molar-refractivity contribution is 9.10. The molecule has 0 saturated carbocycles. The van der Waals surface area contributed by atoms with Gasteiger partial charge in [0.2, 0.25) is 0 Å². The predicted molar refractivity (Wildman–Crippen MR) is 90.3 cm³/mol. The van der Waals surface area contributed by atoms with Gasteiger partial charge in [-0.1, -0.05) is 28.1 Å². The molecule has 5 heteroatoms. The number of rotatable bonds is 5. The number of halogens is 1. The van der Waals surface area contributed by atoms with Crippen molar-refractivity contribution >= 4 is 27.5 Å². The third-order valence-corrected chi connectivity index (χ3v) is 3.71. The molecule has 0 fully saturated rings. The minimum atomic E-state index is 0.0498. The van der Waals surface area contributed by atoms with Crippen molar-refractivity contribution < 1.29 is 4.74 Å². The summed E-state index contributed by atoms with van der Waals surface area (Å²) in [5, 5.41) is 7.71. The molecule has 110 valence electrons. The molecule has 0 aromatic heterocycles. The second-order valence-corrected chi connectivity index (χ2v) is 5.70. The molecular weight excluding hydrogens is 330 g/mol. The standard InChI is InChI=1S/C16H18BrN3O/c1-20(10-11-4-3-5-12(17)8-11)15-9-13(21-2)6-7-14(15)16(18)19/h3-9H,10H2,1-2H3,(H3,18,19). The Bertz CT molecular complexity index is 658. The maximum Gasteiger partial charge on any atom is 0.124 e. The zero-order valence-electron chi connectivity index (χ0n) is 12.1. The number of hydrogen-bond acceptors (Lipinski definition) is 3. The minimum absolute atomic E-state index is 0.0498. The van der Waals surface area contributed by atoms with Gasteiger partial charge in [-0.3, -0.25) is 5.41 Å². The Morgan fingerprint density at radius 3 is 2.67 bits per heavy atom. The van der Waals surface area contributed by atoms with Crippen molar-refractivity contribution in [1.82, 2.24) is 0 Å². The van der Waals surface area contributed by atoms with Crippen LogP contribution in [-0.2, 0) is 6.54 Å². The molecule has 2 aromatic rings. The van der Waals surface area contributed by atoms with Crippen LogP contribution in [0.2, 0.25) is 0 Å². The van der Waals surface area contributed by atoms with Crippen LogP contribution in [0.5, 0.6) is 5.75 Å². The van der Waals surface area contributed by atoms with E-state index in [2.05, 4.69) is 33.0 Å². The van der Waals surface area contributed by atoms with E-state index in [-0.39, 0.29) is 5.84 Å². The van der Waals surface area contributed by atoms with Crippen molar-refractivity contribution in [3.05, 3.63) is 58.1 Å². The van der Waals surface area contributed by atoms with Crippen molar-refractivity contribution in [1.29, 1.82) is 5.41 Å². The monoisotopic (exact) mass is 347 g/mol. The maximum atomic E-state index is 7.71. The molecule has 3 N–H and O–H groups in total. The molecule has 0 atom stereocenters. The van der Waals surface area contributed by atoms with Crippen LogP contribution in [0.1, 0.15) is 11.1 Å². The smallest absolute Gasteiger partial charge is 0.124 e. The third kappa shape index (κ3) is 3.76. The molecule has 0 spiro atoms. The maximum absolute atomic E-state index is 7.71. The van der Waals surface area contributed by atoms with E-state index in [1.165, 1.54) is 5.56 Å². The summed E-state index contributed by atoms with van der Waals surface area (Å²) in [4.78, 5) is 2.06. The van der Waals surface area contributed by atoms with Crippen LogP contribution in [0.4, 0.5) is 5.69 Å². The van der Waals surface area contributed by atoms with Crippen molar-refractivity contribution in [2.45, 2.75) is 6.54 Å². The molecule has 0 amide bonds. The number of amidine groups is 1. The number of methoxy groups -OCH3 is 1. The number of nitrogen functional groups attached to an aromatic ring is 1. The van der Waals surface area contributed by atoms with E-state index in [9.17, 15) is 0 Å². The molecule has 4 nitrogen and oxygen atoms in total. The van der Waals surface area contributed by atoms with E-state index < -0.39 is 0 Å². The van der Waals surface area contributed by atoms with Gasteiger partial charge in [0.25, 0.3) is 0 Å². The van der Waals surface area contributed by atoms with Gasteiger partial charge in [-0.05, 0) is 29.8 Å². The summed E-state index contributed by atoms with van der Waals surface area (Å²) < 4.78 is 6.31. The molecule has 0 saturated heterocycles. The van der Waals surface area contributed by atoms with Gasteiger partial charge in [0.15, 0.2) is 0 Å².